The van der Waals surface area contributed by atoms with E-state index in [1.165, 1.54) is 43.4 Å². The predicted molar refractivity (Wildman–Crippen MR) is 81.5 cm³/mol. The molecule has 1 saturated heterocycles. The normalized spacial score (nSPS) is 28.3. The minimum absolute atomic E-state index is 0.270. The molecule has 1 aliphatic carbocycles. The van der Waals surface area contributed by atoms with Crippen LogP contribution >= 0.6 is 0 Å². The molecule has 0 bridgehead atoms. The summed E-state index contributed by atoms with van der Waals surface area (Å²) in [5.41, 5.74) is 9.11. The average Bonchev–Trinajstić information content (AvgIpc) is 3.27. The van der Waals surface area contributed by atoms with Gasteiger partial charge in [-0.1, -0.05) is 30.7 Å². The molecule has 3 nitrogen and oxygen atoms in total. The molecule has 0 aromatic heterocycles. The van der Waals surface area contributed by atoms with Crippen molar-refractivity contribution in [1.82, 2.24) is 4.90 Å². The second kappa shape index (κ2) is 6.25. The Morgan fingerprint density at radius 3 is 2.55 bits per heavy atom. The summed E-state index contributed by atoms with van der Waals surface area (Å²) < 4.78 is 5.19. The van der Waals surface area contributed by atoms with E-state index in [4.69, 9.17) is 10.5 Å². The van der Waals surface area contributed by atoms with Crippen LogP contribution < -0.4 is 5.73 Å². The van der Waals surface area contributed by atoms with Gasteiger partial charge in [-0.05, 0) is 43.4 Å². The largest absolute Gasteiger partial charge is 0.380 e. The lowest BCUT2D eigenvalue weighted by Gasteiger charge is -2.34. The van der Waals surface area contributed by atoms with Gasteiger partial charge in [-0.25, -0.2) is 0 Å². The molecule has 3 rings (SSSR count). The number of hydrogen-bond acceptors (Lipinski definition) is 3. The van der Waals surface area contributed by atoms with Crippen LogP contribution in [0.15, 0.2) is 24.3 Å². The summed E-state index contributed by atoms with van der Waals surface area (Å²) in [5, 5.41) is 0. The molecular formula is C17H26N2O. The summed E-state index contributed by atoms with van der Waals surface area (Å²) in [6, 6.07) is 10.3. The molecule has 2 unspecified atom stereocenters. The van der Waals surface area contributed by atoms with Crippen LogP contribution in [-0.2, 0) is 11.3 Å². The number of rotatable bonds is 4. The highest BCUT2D eigenvalue weighted by molar-refractivity contribution is 5.26. The zero-order chi connectivity index (χ0) is 13.9. The summed E-state index contributed by atoms with van der Waals surface area (Å²) in [4.78, 5) is 2.67. The van der Waals surface area contributed by atoms with Gasteiger partial charge in [0.05, 0.1) is 12.6 Å². The van der Waals surface area contributed by atoms with Crippen LogP contribution in [0.2, 0.25) is 0 Å². The van der Waals surface area contributed by atoms with Gasteiger partial charge in [0, 0.05) is 19.2 Å². The fraction of sp³-hybridized carbons (Fsp3) is 0.647. The van der Waals surface area contributed by atoms with Gasteiger partial charge in [0.2, 0.25) is 0 Å². The van der Waals surface area contributed by atoms with E-state index in [0.29, 0.717) is 12.6 Å². The topological polar surface area (TPSA) is 38.5 Å². The zero-order valence-electron chi connectivity index (χ0n) is 12.4. The molecule has 1 saturated carbocycles. The highest BCUT2D eigenvalue weighted by atomic mass is 16.5. The maximum Gasteiger partial charge on any atom is 0.0713 e. The molecule has 3 heteroatoms. The zero-order valence-corrected chi connectivity index (χ0v) is 12.4. The van der Waals surface area contributed by atoms with Gasteiger partial charge in [0.1, 0.15) is 0 Å². The van der Waals surface area contributed by atoms with Crippen molar-refractivity contribution in [3.63, 3.8) is 0 Å². The molecule has 0 radical (unpaired) electrons. The summed E-state index contributed by atoms with van der Waals surface area (Å²) in [6.45, 7) is 1.90. The van der Waals surface area contributed by atoms with Gasteiger partial charge >= 0.3 is 0 Å². The van der Waals surface area contributed by atoms with Gasteiger partial charge in [-0.15, -0.1) is 0 Å². The lowest BCUT2D eigenvalue weighted by Crippen LogP contribution is -2.41. The number of hydrogen-bond donors (Lipinski definition) is 1. The lowest BCUT2D eigenvalue weighted by atomic mass is 9.95. The van der Waals surface area contributed by atoms with E-state index in [2.05, 4.69) is 29.2 Å². The molecule has 110 valence electrons. The number of nitrogens with zero attached hydrogens (tertiary/aromatic N) is 1. The first-order valence-electron chi connectivity index (χ1n) is 7.88. The first-order chi connectivity index (χ1) is 9.79. The Bertz CT molecular complexity index is 427. The Balaban J connectivity index is 1.82. The van der Waals surface area contributed by atoms with Crippen LogP contribution in [0.3, 0.4) is 0 Å². The Kier molecular flexibility index (Phi) is 4.39. The van der Waals surface area contributed by atoms with E-state index < -0.39 is 0 Å². The van der Waals surface area contributed by atoms with Crippen molar-refractivity contribution < 1.29 is 4.74 Å². The SMILES string of the molecule is COCc1ccc(C2C(N)CCCCN2C2CC2)cc1. The second-order valence-corrected chi connectivity index (χ2v) is 6.25. The number of nitrogens with two attached hydrogens (primary N) is 1. The van der Waals surface area contributed by atoms with Gasteiger partial charge in [-0.3, -0.25) is 4.90 Å². The maximum atomic E-state index is 6.50. The molecule has 2 aliphatic rings. The summed E-state index contributed by atoms with van der Waals surface area (Å²) in [5.74, 6) is 0. The predicted octanol–water partition coefficient (Wildman–Crippen LogP) is 2.85. The number of benzene rings is 1. The summed E-state index contributed by atoms with van der Waals surface area (Å²) >= 11 is 0. The lowest BCUT2D eigenvalue weighted by molar-refractivity contribution is 0.175. The molecule has 1 aromatic rings. The van der Waals surface area contributed by atoms with Gasteiger partial charge < -0.3 is 10.5 Å². The van der Waals surface area contributed by atoms with Crippen LogP contribution in [0.1, 0.15) is 49.3 Å². The highest BCUT2D eigenvalue weighted by Gasteiger charge is 2.38. The van der Waals surface area contributed by atoms with E-state index in [9.17, 15) is 0 Å². The van der Waals surface area contributed by atoms with E-state index in [1.54, 1.807) is 7.11 Å². The van der Waals surface area contributed by atoms with Crippen molar-refractivity contribution in [2.24, 2.45) is 5.73 Å². The number of methoxy groups -OCH3 is 1. The Labute approximate surface area is 122 Å². The van der Waals surface area contributed by atoms with Crippen LogP contribution in [-0.4, -0.2) is 30.6 Å². The molecule has 2 atom stereocenters. The fourth-order valence-electron chi connectivity index (χ4n) is 3.45. The third-order valence-electron chi connectivity index (χ3n) is 4.61. The van der Waals surface area contributed by atoms with Crippen molar-refractivity contribution in [2.45, 2.75) is 56.8 Å². The molecule has 20 heavy (non-hydrogen) atoms. The van der Waals surface area contributed by atoms with E-state index in [0.717, 1.165) is 12.5 Å². The molecule has 0 spiro atoms. The maximum absolute atomic E-state index is 6.50. The van der Waals surface area contributed by atoms with E-state index in [1.807, 2.05) is 0 Å². The van der Waals surface area contributed by atoms with Gasteiger partial charge in [0.25, 0.3) is 0 Å². The van der Waals surface area contributed by atoms with Crippen molar-refractivity contribution in [3.8, 4) is 0 Å². The summed E-state index contributed by atoms with van der Waals surface area (Å²) in [6.07, 6.45) is 6.41. The van der Waals surface area contributed by atoms with Gasteiger partial charge in [0.15, 0.2) is 0 Å². The standard InChI is InChI=1S/C17H26N2O/c1-20-12-13-5-7-14(8-6-13)17-16(18)4-2-3-11-19(17)15-9-10-15/h5-8,15-17H,2-4,9-12,18H2,1H3. The molecule has 1 aromatic carbocycles. The number of ether oxygens (including phenoxy) is 1. The van der Waals surface area contributed by atoms with Crippen molar-refractivity contribution in [3.05, 3.63) is 35.4 Å². The Hall–Kier alpha value is -0.900. The fourth-order valence-corrected chi connectivity index (χ4v) is 3.45. The van der Waals surface area contributed by atoms with Crippen molar-refractivity contribution >= 4 is 0 Å². The van der Waals surface area contributed by atoms with Crippen LogP contribution in [0.5, 0.6) is 0 Å². The molecule has 2 N–H and O–H groups in total. The first kappa shape index (κ1) is 14.1. The summed E-state index contributed by atoms with van der Waals surface area (Å²) in [7, 11) is 1.74. The third-order valence-corrected chi connectivity index (χ3v) is 4.61. The van der Waals surface area contributed by atoms with Gasteiger partial charge in [-0.2, -0.15) is 0 Å². The monoisotopic (exact) mass is 274 g/mol. The minimum Gasteiger partial charge on any atom is -0.380 e. The molecule has 2 fully saturated rings. The molecule has 0 amide bonds. The van der Waals surface area contributed by atoms with Crippen molar-refractivity contribution in [1.29, 1.82) is 0 Å². The molecule has 1 aliphatic heterocycles. The van der Waals surface area contributed by atoms with E-state index >= 15 is 0 Å². The van der Waals surface area contributed by atoms with Crippen molar-refractivity contribution in [2.75, 3.05) is 13.7 Å². The smallest absolute Gasteiger partial charge is 0.0713 e. The molecular weight excluding hydrogens is 248 g/mol. The van der Waals surface area contributed by atoms with Crippen LogP contribution in [0, 0.1) is 0 Å². The highest BCUT2D eigenvalue weighted by Crippen LogP contribution is 2.38. The Morgan fingerprint density at radius 2 is 1.90 bits per heavy atom. The third kappa shape index (κ3) is 3.05. The van der Waals surface area contributed by atoms with Crippen LogP contribution in [0.25, 0.3) is 0 Å². The first-order valence-corrected chi connectivity index (χ1v) is 7.88. The Morgan fingerprint density at radius 1 is 1.15 bits per heavy atom. The number of likely N-dealkylation sites (tertiary alicyclic amines) is 1. The second-order valence-electron chi connectivity index (χ2n) is 6.25. The average molecular weight is 274 g/mol. The van der Waals surface area contributed by atoms with Crippen LogP contribution in [0.4, 0.5) is 0 Å². The quantitative estimate of drug-likeness (QED) is 0.917. The molecule has 1 heterocycles. The van der Waals surface area contributed by atoms with E-state index in [-0.39, 0.29) is 6.04 Å². The minimum atomic E-state index is 0.270.